The van der Waals surface area contributed by atoms with Gasteiger partial charge in [-0.2, -0.15) is 0 Å². The van der Waals surface area contributed by atoms with E-state index in [1.54, 1.807) is 6.07 Å². The summed E-state index contributed by atoms with van der Waals surface area (Å²) in [6, 6.07) is 7.35. The molecule has 0 spiro atoms. The highest BCUT2D eigenvalue weighted by Gasteiger charge is 2.51. The number of nitrogens with one attached hydrogen (secondary N) is 1. The molecule has 2 fully saturated rings. The number of likely N-dealkylation sites (tertiary alicyclic amines) is 1. The lowest BCUT2D eigenvalue weighted by Crippen LogP contribution is -2.62. The number of aromatic amines is 1. The van der Waals surface area contributed by atoms with Crippen molar-refractivity contribution in [2.75, 3.05) is 13.1 Å². The molecule has 0 bridgehead atoms. The van der Waals surface area contributed by atoms with Gasteiger partial charge in [0, 0.05) is 13.1 Å². The van der Waals surface area contributed by atoms with E-state index in [1.807, 2.05) is 18.2 Å². The fraction of sp³-hybridized carbons (Fsp3) is 0.467. The van der Waals surface area contributed by atoms with Gasteiger partial charge in [-0.15, -0.1) is 0 Å². The van der Waals surface area contributed by atoms with Gasteiger partial charge in [0.2, 0.25) is 0 Å². The quantitative estimate of drug-likeness (QED) is 0.869. The molecule has 1 aromatic heterocycles. The Morgan fingerprint density at radius 1 is 1.35 bits per heavy atom. The van der Waals surface area contributed by atoms with Gasteiger partial charge < -0.3 is 10.1 Å². The van der Waals surface area contributed by atoms with Crippen molar-refractivity contribution < 1.29 is 5.11 Å². The molecule has 0 radical (unpaired) electrons. The fourth-order valence-electron chi connectivity index (χ4n) is 3.14. The van der Waals surface area contributed by atoms with Crippen LogP contribution in [0.5, 0.6) is 0 Å². The van der Waals surface area contributed by atoms with Crippen LogP contribution in [0, 0.1) is 5.92 Å². The van der Waals surface area contributed by atoms with Gasteiger partial charge in [0.15, 0.2) is 0 Å². The third-order valence-corrected chi connectivity index (χ3v) is 4.37. The number of hydrogen-bond donors (Lipinski definition) is 2. The molecule has 0 unspecified atom stereocenters. The first kappa shape index (κ1) is 12.1. The highest BCUT2D eigenvalue weighted by Crippen LogP contribution is 2.44. The first-order chi connectivity index (χ1) is 9.64. The Morgan fingerprint density at radius 2 is 2.10 bits per heavy atom. The predicted molar refractivity (Wildman–Crippen MR) is 75.3 cm³/mol. The average Bonchev–Trinajstić information content (AvgIpc) is 3.21. The van der Waals surface area contributed by atoms with Crippen LogP contribution in [-0.4, -0.2) is 38.7 Å². The molecule has 2 N–H and O–H groups in total. The maximum absolute atomic E-state index is 12.0. The van der Waals surface area contributed by atoms with E-state index >= 15 is 0 Å². The third kappa shape index (κ3) is 1.94. The topological polar surface area (TPSA) is 69.2 Å². The number of β-amino-alcohol motifs (C(OH)–C–C–N with tert-alkyl or cyclic N) is 1. The van der Waals surface area contributed by atoms with Gasteiger partial charge in [0.25, 0.3) is 5.56 Å². The summed E-state index contributed by atoms with van der Waals surface area (Å²) in [6.07, 6.45) is 2.30. The zero-order valence-electron chi connectivity index (χ0n) is 11.2. The van der Waals surface area contributed by atoms with Crippen LogP contribution in [0.3, 0.4) is 0 Å². The van der Waals surface area contributed by atoms with Crippen LogP contribution in [0.25, 0.3) is 10.9 Å². The van der Waals surface area contributed by atoms with Gasteiger partial charge >= 0.3 is 0 Å². The normalized spacial score (nSPS) is 21.9. The lowest BCUT2D eigenvalue weighted by atomic mass is 9.89. The summed E-state index contributed by atoms with van der Waals surface area (Å²) in [5.74, 6) is 1.16. The minimum Gasteiger partial charge on any atom is -0.387 e. The van der Waals surface area contributed by atoms with E-state index in [1.165, 1.54) is 0 Å². The van der Waals surface area contributed by atoms with Gasteiger partial charge in [-0.3, -0.25) is 9.69 Å². The highest BCUT2D eigenvalue weighted by molar-refractivity contribution is 5.77. The van der Waals surface area contributed by atoms with Crippen LogP contribution in [0.4, 0.5) is 0 Å². The number of para-hydroxylation sites is 1. The van der Waals surface area contributed by atoms with Gasteiger partial charge in [-0.1, -0.05) is 12.1 Å². The van der Waals surface area contributed by atoms with Crippen LogP contribution >= 0.6 is 0 Å². The second-order valence-corrected chi connectivity index (χ2v) is 6.05. The minimum absolute atomic E-state index is 0.0939. The van der Waals surface area contributed by atoms with Crippen molar-refractivity contribution in [3.05, 3.63) is 40.4 Å². The second kappa shape index (κ2) is 4.14. The number of hydrogen-bond acceptors (Lipinski definition) is 4. The number of rotatable bonds is 3. The summed E-state index contributed by atoms with van der Waals surface area (Å²) in [4.78, 5) is 21.4. The predicted octanol–water partition coefficient (Wildman–Crippen LogP) is 0.880. The standard InChI is InChI=1S/C15H17N3O2/c19-14-11-3-1-2-4-12(11)16-13(17-14)7-18-8-15(20,9-18)10-5-6-10/h1-4,10,20H,5-9H2,(H,16,17,19). The van der Waals surface area contributed by atoms with Crippen molar-refractivity contribution in [2.45, 2.75) is 25.0 Å². The van der Waals surface area contributed by atoms with E-state index in [0.29, 0.717) is 36.8 Å². The molecule has 0 amide bonds. The molecule has 2 heterocycles. The summed E-state index contributed by atoms with van der Waals surface area (Å²) < 4.78 is 0. The smallest absolute Gasteiger partial charge is 0.258 e. The molecule has 0 atom stereocenters. The van der Waals surface area contributed by atoms with Crippen molar-refractivity contribution in [2.24, 2.45) is 5.92 Å². The molecule has 2 aromatic rings. The van der Waals surface area contributed by atoms with Crippen LogP contribution in [-0.2, 0) is 6.54 Å². The van der Waals surface area contributed by atoms with Crippen molar-refractivity contribution in [3.63, 3.8) is 0 Å². The Morgan fingerprint density at radius 3 is 2.85 bits per heavy atom. The summed E-state index contributed by atoms with van der Waals surface area (Å²) >= 11 is 0. The molecular formula is C15H17N3O2. The van der Waals surface area contributed by atoms with Crippen molar-refractivity contribution in [3.8, 4) is 0 Å². The van der Waals surface area contributed by atoms with Crippen LogP contribution in [0.2, 0.25) is 0 Å². The van der Waals surface area contributed by atoms with Gasteiger partial charge in [-0.05, 0) is 30.9 Å². The lowest BCUT2D eigenvalue weighted by molar-refractivity contribution is -0.117. The largest absolute Gasteiger partial charge is 0.387 e. The Balaban J connectivity index is 1.54. The molecule has 1 aromatic carbocycles. The zero-order valence-corrected chi connectivity index (χ0v) is 11.2. The summed E-state index contributed by atoms with van der Waals surface area (Å²) in [6.45, 7) is 1.97. The first-order valence-electron chi connectivity index (χ1n) is 7.07. The molecule has 1 aliphatic heterocycles. The molecule has 1 aliphatic carbocycles. The van der Waals surface area contributed by atoms with E-state index in [2.05, 4.69) is 14.9 Å². The number of benzene rings is 1. The fourth-order valence-corrected chi connectivity index (χ4v) is 3.14. The Labute approximate surface area is 116 Å². The maximum atomic E-state index is 12.0. The van der Waals surface area contributed by atoms with Crippen LogP contribution < -0.4 is 5.56 Å². The molecule has 1 saturated heterocycles. The van der Waals surface area contributed by atoms with Crippen molar-refractivity contribution in [1.29, 1.82) is 0 Å². The minimum atomic E-state index is -0.489. The molecular weight excluding hydrogens is 254 g/mol. The van der Waals surface area contributed by atoms with Crippen LogP contribution in [0.15, 0.2) is 29.1 Å². The summed E-state index contributed by atoms with van der Waals surface area (Å²) in [5.41, 5.74) is 0.143. The van der Waals surface area contributed by atoms with E-state index in [0.717, 1.165) is 18.4 Å². The lowest BCUT2D eigenvalue weighted by Gasteiger charge is -2.46. The van der Waals surface area contributed by atoms with E-state index < -0.39 is 5.60 Å². The van der Waals surface area contributed by atoms with E-state index in [4.69, 9.17) is 0 Å². The molecule has 2 aliphatic rings. The van der Waals surface area contributed by atoms with Crippen molar-refractivity contribution in [1.82, 2.24) is 14.9 Å². The Bertz CT molecular complexity index is 714. The van der Waals surface area contributed by atoms with Gasteiger partial charge in [-0.25, -0.2) is 4.98 Å². The summed E-state index contributed by atoms with van der Waals surface area (Å²) in [7, 11) is 0. The molecule has 1 saturated carbocycles. The molecule has 4 rings (SSSR count). The highest BCUT2D eigenvalue weighted by atomic mass is 16.3. The van der Waals surface area contributed by atoms with Crippen molar-refractivity contribution >= 4 is 10.9 Å². The zero-order chi connectivity index (χ0) is 13.7. The summed E-state index contributed by atoms with van der Waals surface area (Å²) in [5, 5.41) is 10.9. The number of fused-ring (bicyclic) bond motifs is 1. The molecule has 5 heteroatoms. The monoisotopic (exact) mass is 271 g/mol. The third-order valence-electron chi connectivity index (χ3n) is 4.37. The number of aromatic nitrogens is 2. The Kier molecular flexibility index (Phi) is 2.49. The van der Waals surface area contributed by atoms with E-state index in [-0.39, 0.29) is 5.56 Å². The van der Waals surface area contributed by atoms with Crippen LogP contribution in [0.1, 0.15) is 18.7 Å². The number of H-pyrrole nitrogens is 1. The maximum Gasteiger partial charge on any atom is 0.258 e. The van der Waals surface area contributed by atoms with E-state index in [9.17, 15) is 9.90 Å². The molecule has 20 heavy (non-hydrogen) atoms. The molecule has 104 valence electrons. The number of nitrogens with zero attached hydrogens (tertiary/aromatic N) is 2. The average molecular weight is 271 g/mol. The Hall–Kier alpha value is -1.72. The van der Waals surface area contributed by atoms with Gasteiger partial charge in [0.1, 0.15) is 5.82 Å². The number of aliphatic hydroxyl groups is 1. The second-order valence-electron chi connectivity index (χ2n) is 6.05. The SMILES string of the molecule is O=c1[nH]c(CN2CC(O)(C3CC3)C2)nc2ccccc12. The van der Waals surface area contributed by atoms with Gasteiger partial charge in [0.05, 0.1) is 23.0 Å². The first-order valence-corrected chi connectivity index (χ1v) is 7.07. The molecule has 5 nitrogen and oxygen atoms in total.